The highest BCUT2D eigenvalue weighted by atomic mass is 35.5. The number of allylic oxidation sites excluding steroid dienone is 2. The van der Waals surface area contributed by atoms with Crippen molar-refractivity contribution < 1.29 is 4.79 Å². The first-order valence-electron chi connectivity index (χ1n) is 4.32. The van der Waals surface area contributed by atoms with E-state index in [1.807, 2.05) is 0 Å². The lowest BCUT2D eigenvalue weighted by Gasteiger charge is -2.42. The Balaban J connectivity index is 2.36. The summed E-state index contributed by atoms with van der Waals surface area (Å²) >= 11 is 5.93. The summed E-state index contributed by atoms with van der Waals surface area (Å²) < 4.78 is 0. The molecule has 0 N–H and O–H groups in total. The zero-order chi connectivity index (χ0) is 9.09. The van der Waals surface area contributed by atoms with Crippen molar-refractivity contribution in [3.63, 3.8) is 0 Å². The summed E-state index contributed by atoms with van der Waals surface area (Å²) in [6, 6.07) is 0. The Morgan fingerprint density at radius 2 is 2.08 bits per heavy atom. The molecule has 3 atom stereocenters. The standard InChI is InChI=1S/C10H13ClO/c1-5-4-10(2,3)7-6(5)8(11)9(7)12/h4,6-8H,1-3H3/t6-,7+,8-/m1/s1. The third-order valence-electron chi connectivity index (χ3n) is 3.18. The fraction of sp³-hybridized carbons (Fsp3) is 0.700. The highest BCUT2D eigenvalue weighted by molar-refractivity contribution is 6.34. The van der Waals surface area contributed by atoms with Crippen LogP contribution in [0.15, 0.2) is 11.6 Å². The Kier molecular flexibility index (Phi) is 1.48. The first-order chi connectivity index (χ1) is 5.45. The van der Waals surface area contributed by atoms with Crippen LogP contribution in [0.4, 0.5) is 0 Å². The number of rotatable bonds is 0. The maximum atomic E-state index is 11.4. The van der Waals surface area contributed by atoms with Gasteiger partial charge in [0.05, 0.1) is 5.38 Å². The van der Waals surface area contributed by atoms with E-state index in [4.69, 9.17) is 11.6 Å². The van der Waals surface area contributed by atoms with Crippen molar-refractivity contribution in [3.8, 4) is 0 Å². The van der Waals surface area contributed by atoms with Crippen LogP contribution < -0.4 is 0 Å². The molecule has 1 fully saturated rings. The van der Waals surface area contributed by atoms with Gasteiger partial charge in [-0.3, -0.25) is 4.79 Å². The Morgan fingerprint density at radius 3 is 2.58 bits per heavy atom. The smallest absolute Gasteiger partial charge is 0.155 e. The SMILES string of the molecule is CC1=CC(C)(C)[C@@H]2C(=O)[C@H](Cl)[C@H]12. The average molecular weight is 185 g/mol. The van der Waals surface area contributed by atoms with Crippen LogP contribution in [0.25, 0.3) is 0 Å². The molecule has 0 bridgehead atoms. The number of fused-ring (bicyclic) bond motifs is 1. The molecule has 2 heteroatoms. The molecule has 0 heterocycles. The summed E-state index contributed by atoms with van der Waals surface area (Å²) in [7, 11) is 0. The summed E-state index contributed by atoms with van der Waals surface area (Å²) in [5, 5.41) is -0.243. The van der Waals surface area contributed by atoms with Crippen LogP contribution in [0, 0.1) is 17.3 Å². The molecule has 0 spiro atoms. The molecule has 1 saturated carbocycles. The van der Waals surface area contributed by atoms with Crippen molar-refractivity contribution in [1.82, 2.24) is 0 Å². The van der Waals surface area contributed by atoms with E-state index in [-0.39, 0.29) is 22.5 Å². The number of halogens is 1. The molecule has 0 aliphatic heterocycles. The molecular formula is C10H13ClO. The van der Waals surface area contributed by atoms with Crippen molar-refractivity contribution in [3.05, 3.63) is 11.6 Å². The first kappa shape index (κ1) is 8.31. The van der Waals surface area contributed by atoms with E-state index in [9.17, 15) is 4.79 Å². The number of alkyl halides is 1. The Labute approximate surface area is 77.8 Å². The van der Waals surface area contributed by atoms with Gasteiger partial charge in [0.15, 0.2) is 5.78 Å². The molecule has 2 rings (SSSR count). The van der Waals surface area contributed by atoms with Gasteiger partial charge in [-0.2, -0.15) is 0 Å². The number of hydrogen-bond donors (Lipinski definition) is 0. The van der Waals surface area contributed by atoms with Gasteiger partial charge >= 0.3 is 0 Å². The molecule has 0 aromatic carbocycles. The van der Waals surface area contributed by atoms with Crippen molar-refractivity contribution in [2.24, 2.45) is 17.3 Å². The van der Waals surface area contributed by atoms with E-state index >= 15 is 0 Å². The normalized spacial score (nSPS) is 43.5. The van der Waals surface area contributed by atoms with Crippen LogP contribution in [-0.2, 0) is 4.79 Å². The largest absolute Gasteiger partial charge is 0.298 e. The number of ketones is 1. The van der Waals surface area contributed by atoms with E-state index in [2.05, 4.69) is 26.8 Å². The Bertz CT molecular complexity index is 278. The third-order valence-corrected chi connectivity index (χ3v) is 3.67. The average Bonchev–Trinajstić information content (AvgIpc) is 2.16. The molecule has 0 saturated heterocycles. The van der Waals surface area contributed by atoms with Gasteiger partial charge in [0.1, 0.15) is 0 Å². The van der Waals surface area contributed by atoms with Crippen LogP contribution >= 0.6 is 11.6 Å². The second-order valence-corrected chi connectivity index (χ2v) is 4.99. The summed E-state index contributed by atoms with van der Waals surface area (Å²) in [5.74, 6) is 0.730. The third kappa shape index (κ3) is 0.779. The van der Waals surface area contributed by atoms with E-state index in [1.54, 1.807) is 0 Å². The maximum Gasteiger partial charge on any atom is 0.155 e. The zero-order valence-electron chi connectivity index (χ0n) is 7.60. The minimum Gasteiger partial charge on any atom is -0.298 e. The topological polar surface area (TPSA) is 17.1 Å². The second kappa shape index (κ2) is 2.14. The first-order valence-corrected chi connectivity index (χ1v) is 4.76. The van der Waals surface area contributed by atoms with Crippen LogP contribution in [0.1, 0.15) is 20.8 Å². The minimum absolute atomic E-state index is 0.0389. The van der Waals surface area contributed by atoms with Crippen LogP contribution in [-0.4, -0.2) is 11.2 Å². The molecule has 2 aliphatic carbocycles. The molecule has 1 nitrogen and oxygen atoms in total. The lowest BCUT2D eigenvalue weighted by atomic mass is 9.63. The Hall–Kier alpha value is -0.300. The molecule has 0 radical (unpaired) electrons. The quantitative estimate of drug-likeness (QED) is 0.418. The Morgan fingerprint density at radius 1 is 1.50 bits per heavy atom. The number of carbonyl (C=O) groups is 1. The minimum atomic E-state index is -0.243. The lowest BCUT2D eigenvalue weighted by Crippen LogP contribution is -2.51. The fourth-order valence-electron chi connectivity index (χ4n) is 2.67. The van der Waals surface area contributed by atoms with Crippen LogP contribution in [0.2, 0.25) is 0 Å². The van der Waals surface area contributed by atoms with E-state index in [0.717, 1.165) is 0 Å². The van der Waals surface area contributed by atoms with Crippen molar-refractivity contribution >= 4 is 17.4 Å². The van der Waals surface area contributed by atoms with Gasteiger partial charge in [-0.1, -0.05) is 25.5 Å². The van der Waals surface area contributed by atoms with E-state index < -0.39 is 0 Å². The molecular weight excluding hydrogens is 172 g/mol. The fourth-order valence-corrected chi connectivity index (χ4v) is 3.15. The summed E-state index contributed by atoms with van der Waals surface area (Å²) in [4.78, 5) is 11.4. The molecule has 66 valence electrons. The monoisotopic (exact) mass is 184 g/mol. The number of carbonyl (C=O) groups excluding carboxylic acids is 1. The highest BCUT2D eigenvalue weighted by Crippen LogP contribution is 2.55. The summed E-state index contributed by atoms with van der Waals surface area (Å²) in [6.45, 7) is 6.30. The highest BCUT2D eigenvalue weighted by Gasteiger charge is 2.58. The molecule has 0 unspecified atom stereocenters. The molecule has 0 aromatic heterocycles. The number of hydrogen-bond acceptors (Lipinski definition) is 1. The van der Waals surface area contributed by atoms with Gasteiger partial charge in [0.2, 0.25) is 0 Å². The van der Waals surface area contributed by atoms with Crippen LogP contribution in [0.5, 0.6) is 0 Å². The summed E-state index contributed by atoms with van der Waals surface area (Å²) in [6.07, 6.45) is 2.20. The lowest BCUT2D eigenvalue weighted by molar-refractivity contribution is -0.135. The van der Waals surface area contributed by atoms with Gasteiger partial charge < -0.3 is 0 Å². The zero-order valence-corrected chi connectivity index (χ0v) is 8.35. The number of Topliss-reactive ketones (excluding diaryl/α,β-unsaturated/α-hetero) is 1. The molecule has 12 heavy (non-hydrogen) atoms. The van der Waals surface area contributed by atoms with Gasteiger partial charge in [-0.15, -0.1) is 11.6 Å². The van der Waals surface area contributed by atoms with Gasteiger partial charge in [-0.25, -0.2) is 0 Å². The predicted molar refractivity (Wildman–Crippen MR) is 49.2 cm³/mol. The van der Waals surface area contributed by atoms with Gasteiger partial charge in [0, 0.05) is 11.8 Å². The van der Waals surface area contributed by atoms with Crippen molar-refractivity contribution in [1.29, 1.82) is 0 Å². The van der Waals surface area contributed by atoms with Gasteiger partial charge in [0.25, 0.3) is 0 Å². The summed E-state index contributed by atoms with van der Waals surface area (Å²) in [5.41, 5.74) is 1.33. The van der Waals surface area contributed by atoms with E-state index in [0.29, 0.717) is 5.92 Å². The van der Waals surface area contributed by atoms with Crippen molar-refractivity contribution in [2.45, 2.75) is 26.1 Å². The predicted octanol–water partition coefficient (Wildman–Crippen LogP) is 2.40. The molecule has 2 aliphatic rings. The van der Waals surface area contributed by atoms with Crippen molar-refractivity contribution in [2.75, 3.05) is 0 Å². The second-order valence-electron chi connectivity index (χ2n) is 4.52. The van der Waals surface area contributed by atoms with Crippen LogP contribution in [0.3, 0.4) is 0 Å². The van der Waals surface area contributed by atoms with E-state index in [1.165, 1.54) is 5.57 Å². The molecule has 0 amide bonds. The molecule has 0 aromatic rings. The van der Waals surface area contributed by atoms with Gasteiger partial charge in [-0.05, 0) is 12.3 Å². The maximum absolute atomic E-state index is 11.4.